The second kappa shape index (κ2) is 8.26. The van der Waals surface area contributed by atoms with Crippen molar-refractivity contribution in [3.8, 4) is 11.1 Å². The molecular weight excluding hydrogens is 386 g/mol. The average molecular weight is 412 g/mol. The fraction of sp³-hybridized carbons (Fsp3) is 0.231. The summed E-state index contributed by atoms with van der Waals surface area (Å²) in [4.78, 5) is 20.5. The Balaban J connectivity index is 1.16. The van der Waals surface area contributed by atoms with E-state index in [0.29, 0.717) is 13.1 Å². The molecule has 1 N–H and O–H groups in total. The van der Waals surface area contributed by atoms with Crippen molar-refractivity contribution in [2.24, 2.45) is 5.16 Å². The van der Waals surface area contributed by atoms with Crippen LogP contribution in [-0.2, 0) is 4.84 Å². The van der Waals surface area contributed by atoms with Crippen LogP contribution in [0.15, 0.2) is 90.1 Å². The number of hydrogen-bond acceptors (Lipinski definition) is 3. The summed E-state index contributed by atoms with van der Waals surface area (Å²) in [6.07, 6.45) is 2.37. The maximum absolute atomic E-state index is 12.8. The molecule has 2 heterocycles. The van der Waals surface area contributed by atoms with E-state index >= 15 is 0 Å². The molecule has 5 nitrogen and oxygen atoms in total. The first-order valence-electron chi connectivity index (χ1n) is 10.7. The van der Waals surface area contributed by atoms with Crippen molar-refractivity contribution < 1.29 is 9.63 Å². The van der Waals surface area contributed by atoms with Gasteiger partial charge in [0, 0.05) is 38.0 Å². The molecule has 2 amide bonds. The first-order valence-corrected chi connectivity index (χ1v) is 10.7. The van der Waals surface area contributed by atoms with Gasteiger partial charge in [0.25, 0.3) is 0 Å². The van der Waals surface area contributed by atoms with Gasteiger partial charge in [-0.2, -0.15) is 0 Å². The number of anilines is 1. The van der Waals surface area contributed by atoms with Crippen molar-refractivity contribution in [2.45, 2.75) is 24.9 Å². The zero-order chi connectivity index (χ0) is 21.1. The van der Waals surface area contributed by atoms with Crippen molar-refractivity contribution in [3.05, 3.63) is 90.5 Å². The minimum absolute atomic E-state index is 0.0653. The third kappa shape index (κ3) is 4.17. The van der Waals surface area contributed by atoms with E-state index in [1.165, 1.54) is 0 Å². The van der Waals surface area contributed by atoms with E-state index in [9.17, 15) is 4.79 Å². The van der Waals surface area contributed by atoms with Crippen LogP contribution >= 0.6 is 0 Å². The Morgan fingerprint density at radius 3 is 2.03 bits per heavy atom. The molecule has 3 aromatic rings. The summed E-state index contributed by atoms with van der Waals surface area (Å²) in [5, 5.41) is 7.37. The predicted octanol–water partition coefficient (Wildman–Crippen LogP) is 5.54. The van der Waals surface area contributed by atoms with E-state index in [1.807, 2.05) is 65.6 Å². The molecule has 0 saturated carbocycles. The summed E-state index contributed by atoms with van der Waals surface area (Å²) in [7, 11) is 0. The molecule has 0 bridgehead atoms. The van der Waals surface area contributed by atoms with Crippen LogP contribution in [-0.4, -0.2) is 35.3 Å². The molecule has 0 atom stereocenters. The van der Waals surface area contributed by atoms with Crippen LogP contribution in [0.1, 0.15) is 24.8 Å². The van der Waals surface area contributed by atoms with Crippen molar-refractivity contribution >= 4 is 17.4 Å². The summed E-state index contributed by atoms with van der Waals surface area (Å²) in [5.74, 6) is 0. The van der Waals surface area contributed by atoms with E-state index < -0.39 is 0 Å². The molecule has 3 aromatic carbocycles. The summed E-state index contributed by atoms with van der Waals surface area (Å²) < 4.78 is 0. The quantitative estimate of drug-likeness (QED) is 0.615. The van der Waals surface area contributed by atoms with Crippen molar-refractivity contribution in [3.63, 3.8) is 0 Å². The lowest BCUT2D eigenvalue weighted by Crippen LogP contribution is -2.48. The number of benzene rings is 3. The molecule has 1 fully saturated rings. The zero-order valence-corrected chi connectivity index (χ0v) is 17.3. The van der Waals surface area contributed by atoms with Crippen LogP contribution in [0.2, 0.25) is 0 Å². The van der Waals surface area contributed by atoms with Gasteiger partial charge >= 0.3 is 6.03 Å². The molecule has 31 heavy (non-hydrogen) atoms. The number of likely N-dealkylation sites (tertiary alicyclic amines) is 1. The van der Waals surface area contributed by atoms with Gasteiger partial charge in [-0.05, 0) is 28.8 Å². The lowest BCUT2D eigenvalue weighted by atomic mass is 9.85. The number of carbonyl (C=O) groups excluding carboxylic acids is 1. The third-order valence-electron chi connectivity index (χ3n) is 6.15. The fourth-order valence-corrected chi connectivity index (χ4v) is 4.27. The monoisotopic (exact) mass is 411 g/mol. The second-order valence-corrected chi connectivity index (χ2v) is 8.22. The van der Waals surface area contributed by atoms with Gasteiger partial charge in [0.1, 0.15) is 5.60 Å². The highest BCUT2D eigenvalue weighted by molar-refractivity contribution is 6.01. The Hall–Kier alpha value is -3.60. The van der Waals surface area contributed by atoms with Gasteiger partial charge in [-0.15, -0.1) is 0 Å². The van der Waals surface area contributed by atoms with Gasteiger partial charge in [0.2, 0.25) is 0 Å². The van der Waals surface area contributed by atoms with Crippen LogP contribution in [0.25, 0.3) is 11.1 Å². The number of oxime groups is 1. The highest BCUT2D eigenvalue weighted by atomic mass is 16.7. The SMILES string of the molecule is O=C(Nc1ccc(-c2ccccc2)cc1)N1CCC2(CC1)CC(c1ccccc1)=NO2. The molecule has 5 heteroatoms. The van der Waals surface area contributed by atoms with Gasteiger partial charge in [0.05, 0.1) is 5.71 Å². The standard InChI is InChI=1S/C26H25N3O2/c30-25(27-23-13-11-21(12-14-23)20-7-3-1-4-8-20)29-17-15-26(16-18-29)19-24(28-31-26)22-9-5-2-6-10-22/h1-14H,15-19H2,(H,27,30). The summed E-state index contributed by atoms with van der Waals surface area (Å²) in [6, 6.07) is 28.3. The van der Waals surface area contributed by atoms with Crippen LogP contribution < -0.4 is 5.32 Å². The first-order chi connectivity index (χ1) is 15.2. The van der Waals surface area contributed by atoms with Gasteiger partial charge in [-0.1, -0.05) is 78.0 Å². The maximum Gasteiger partial charge on any atom is 0.321 e. The zero-order valence-electron chi connectivity index (χ0n) is 17.3. The minimum atomic E-state index is -0.278. The summed E-state index contributed by atoms with van der Waals surface area (Å²) >= 11 is 0. The number of nitrogens with one attached hydrogen (secondary N) is 1. The Labute approximate surface area is 182 Å². The topological polar surface area (TPSA) is 53.9 Å². The molecule has 0 aromatic heterocycles. The van der Waals surface area contributed by atoms with Crippen LogP contribution in [0.3, 0.4) is 0 Å². The van der Waals surface area contributed by atoms with Gasteiger partial charge in [-0.3, -0.25) is 0 Å². The summed E-state index contributed by atoms with van der Waals surface area (Å²) in [5.41, 5.74) is 4.92. The number of amides is 2. The molecule has 156 valence electrons. The van der Waals surface area contributed by atoms with Crippen LogP contribution in [0.5, 0.6) is 0 Å². The number of rotatable bonds is 3. The van der Waals surface area contributed by atoms with Crippen molar-refractivity contribution in [1.82, 2.24) is 4.90 Å². The van der Waals surface area contributed by atoms with Crippen molar-refractivity contribution in [1.29, 1.82) is 0 Å². The van der Waals surface area contributed by atoms with E-state index in [-0.39, 0.29) is 11.6 Å². The van der Waals surface area contributed by atoms with E-state index in [2.05, 4.69) is 34.7 Å². The number of urea groups is 1. The molecule has 0 unspecified atom stereocenters. The van der Waals surface area contributed by atoms with Gasteiger partial charge in [0.15, 0.2) is 0 Å². The van der Waals surface area contributed by atoms with E-state index in [1.54, 1.807) is 0 Å². The van der Waals surface area contributed by atoms with Gasteiger partial charge in [-0.25, -0.2) is 4.79 Å². The fourth-order valence-electron chi connectivity index (χ4n) is 4.27. The third-order valence-corrected chi connectivity index (χ3v) is 6.15. The van der Waals surface area contributed by atoms with Crippen LogP contribution in [0, 0.1) is 0 Å². The Bertz CT molecular complexity index is 1070. The summed E-state index contributed by atoms with van der Waals surface area (Å²) in [6.45, 7) is 1.32. The Morgan fingerprint density at radius 1 is 0.806 bits per heavy atom. The molecule has 0 aliphatic carbocycles. The van der Waals surface area contributed by atoms with Crippen LogP contribution in [0.4, 0.5) is 10.5 Å². The highest BCUT2D eigenvalue weighted by Gasteiger charge is 2.43. The lowest BCUT2D eigenvalue weighted by Gasteiger charge is -2.37. The molecular formula is C26H25N3O2. The van der Waals surface area contributed by atoms with E-state index in [4.69, 9.17) is 4.84 Å². The normalized spacial score (nSPS) is 17.2. The van der Waals surface area contributed by atoms with Crippen molar-refractivity contribution in [2.75, 3.05) is 18.4 Å². The number of carbonyl (C=O) groups is 1. The smallest absolute Gasteiger partial charge is 0.321 e. The Morgan fingerprint density at radius 2 is 1.39 bits per heavy atom. The first kappa shape index (κ1) is 19.4. The largest absolute Gasteiger partial charge is 0.388 e. The molecule has 0 radical (unpaired) electrons. The van der Waals surface area contributed by atoms with Gasteiger partial charge < -0.3 is 15.1 Å². The predicted molar refractivity (Wildman–Crippen MR) is 123 cm³/mol. The number of hydrogen-bond donors (Lipinski definition) is 1. The number of nitrogens with zero attached hydrogens (tertiary/aromatic N) is 2. The average Bonchev–Trinajstić information content (AvgIpc) is 3.24. The highest BCUT2D eigenvalue weighted by Crippen LogP contribution is 2.36. The molecule has 2 aliphatic rings. The minimum Gasteiger partial charge on any atom is -0.388 e. The molecule has 5 rings (SSSR count). The Kier molecular flexibility index (Phi) is 5.16. The lowest BCUT2D eigenvalue weighted by molar-refractivity contribution is -0.0544. The maximum atomic E-state index is 12.8. The number of piperidine rings is 1. The molecule has 1 spiro atoms. The molecule has 1 saturated heterocycles. The molecule has 2 aliphatic heterocycles. The second-order valence-electron chi connectivity index (χ2n) is 8.22. The van der Waals surface area contributed by atoms with E-state index in [0.717, 1.165) is 47.4 Å².